The first kappa shape index (κ1) is 18.7. The molecule has 0 saturated heterocycles. The highest BCUT2D eigenvalue weighted by molar-refractivity contribution is 5.81. The Labute approximate surface area is 146 Å². The van der Waals surface area contributed by atoms with Crippen molar-refractivity contribution in [3.8, 4) is 5.75 Å². The molecule has 2 aromatic rings. The monoisotopic (exact) mass is 348 g/mol. The molecule has 134 valence electrons. The Morgan fingerprint density at radius 1 is 1.12 bits per heavy atom. The zero-order valence-corrected chi connectivity index (χ0v) is 14.3. The molecule has 2 rings (SSSR count). The van der Waals surface area contributed by atoms with E-state index in [1.165, 1.54) is 17.7 Å². The fraction of sp³-hybridized carbons (Fsp3) is 0.316. The van der Waals surface area contributed by atoms with Crippen LogP contribution in [-0.4, -0.2) is 25.6 Å². The van der Waals surface area contributed by atoms with Crippen molar-refractivity contribution in [2.75, 3.05) is 18.4 Å². The van der Waals surface area contributed by atoms with Gasteiger partial charge in [-0.05, 0) is 55.2 Å². The lowest BCUT2D eigenvalue weighted by Gasteiger charge is -2.11. The molecule has 4 nitrogen and oxygen atoms in total. The summed E-state index contributed by atoms with van der Waals surface area (Å²) in [5.74, 6) is 0.0269. The van der Waals surface area contributed by atoms with Crippen molar-refractivity contribution in [3.63, 3.8) is 0 Å². The van der Waals surface area contributed by atoms with E-state index >= 15 is 0 Å². The van der Waals surface area contributed by atoms with Gasteiger partial charge < -0.3 is 15.4 Å². The van der Waals surface area contributed by atoms with Gasteiger partial charge in [0.05, 0.1) is 6.54 Å². The summed E-state index contributed by atoms with van der Waals surface area (Å²) in [6.07, 6.45) is 0.615. The Kier molecular flexibility index (Phi) is 6.74. The number of carbonyl (C=O) groups excluding carboxylic acids is 1. The maximum Gasteiger partial charge on any atom is 0.387 e. The zero-order chi connectivity index (χ0) is 18.2. The lowest BCUT2D eigenvalue weighted by atomic mass is 10.1. The third kappa shape index (κ3) is 6.06. The number of amides is 1. The number of anilines is 1. The number of ether oxygens (including phenoxy) is 1. The van der Waals surface area contributed by atoms with E-state index in [2.05, 4.69) is 15.4 Å². The van der Waals surface area contributed by atoms with E-state index in [9.17, 15) is 13.6 Å². The minimum atomic E-state index is -2.82. The molecule has 0 heterocycles. The largest absolute Gasteiger partial charge is 0.435 e. The third-order valence-corrected chi connectivity index (χ3v) is 3.93. The van der Waals surface area contributed by atoms with E-state index in [-0.39, 0.29) is 18.2 Å². The molecule has 0 atom stereocenters. The van der Waals surface area contributed by atoms with Gasteiger partial charge in [-0.1, -0.05) is 24.3 Å². The average Bonchev–Trinajstić information content (AvgIpc) is 2.57. The van der Waals surface area contributed by atoms with Gasteiger partial charge in [0.2, 0.25) is 5.91 Å². The van der Waals surface area contributed by atoms with E-state index in [4.69, 9.17) is 0 Å². The Balaban J connectivity index is 1.72. The van der Waals surface area contributed by atoms with Crippen molar-refractivity contribution < 1.29 is 18.3 Å². The topological polar surface area (TPSA) is 50.4 Å². The summed E-state index contributed by atoms with van der Waals surface area (Å²) < 4.78 is 28.5. The van der Waals surface area contributed by atoms with Crippen LogP contribution in [0.5, 0.6) is 5.75 Å². The van der Waals surface area contributed by atoms with Crippen LogP contribution in [0.3, 0.4) is 0 Å². The standard InChI is InChI=1S/C19H22F2N2O2/c1-13-4-3-5-17(14(13)2)23-12-18(24)22-11-10-15-6-8-16(9-7-15)25-19(20)21/h3-9,19,23H,10-12H2,1-2H3,(H,22,24). The fourth-order valence-electron chi connectivity index (χ4n) is 2.36. The Bertz CT molecular complexity index is 703. The van der Waals surface area contributed by atoms with E-state index in [1.54, 1.807) is 12.1 Å². The molecule has 6 heteroatoms. The van der Waals surface area contributed by atoms with Gasteiger partial charge in [0.1, 0.15) is 5.75 Å². The SMILES string of the molecule is Cc1cccc(NCC(=O)NCCc2ccc(OC(F)F)cc2)c1C. The smallest absolute Gasteiger partial charge is 0.387 e. The Morgan fingerprint density at radius 2 is 1.84 bits per heavy atom. The normalized spacial score (nSPS) is 10.6. The molecule has 0 unspecified atom stereocenters. The van der Waals surface area contributed by atoms with Crippen molar-refractivity contribution in [3.05, 3.63) is 59.2 Å². The van der Waals surface area contributed by atoms with Crippen molar-refractivity contribution in [1.29, 1.82) is 0 Å². The van der Waals surface area contributed by atoms with Gasteiger partial charge in [-0.3, -0.25) is 4.79 Å². The molecule has 0 radical (unpaired) electrons. The van der Waals surface area contributed by atoms with Gasteiger partial charge >= 0.3 is 6.61 Å². The van der Waals surface area contributed by atoms with Crippen LogP contribution in [-0.2, 0) is 11.2 Å². The molecule has 0 saturated carbocycles. The summed E-state index contributed by atoms with van der Waals surface area (Å²) in [4.78, 5) is 11.9. The van der Waals surface area contributed by atoms with Crippen LogP contribution < -0.4 is 15.4 Å². The summed E-state index contributed by atoms with van der Waals surface area (Å²) in [5, 5.41) is 5.96. The van der Waals surface area contributed by atoms with Crippen molar-refractivity contribution >= 4 is 11.6 Å². The summed E-state index contributed by atoms with van der Waals surface area (Å²) in [7, 11) is 0. The maximum absolute atomic E-state index is 12.1. The second kappa shape index (κ2) is 9.01. The number of hydrogen-bond donors (Lipinski definition) is 2. The minimum absolute atomic E-state index is 0.0986. The van der Waals surface area contributed by atoms with Crippen LogP contribution in [0.25, 0.3) is 0 Å². The highest BCUT2D eigenvalue weighted by Gasteiger charge is 2.05. The number of nitrogens with one attached hydrogen (secondary N) is 2. The zero-order valence-electron chi connectivity index (χ0n) is 14.3. The Morgan fingerprint density at radius 3 is 2.52 bits per heavy atom. The highest BCUT2D eigenvalue weighted by Crippen LogP contribution is 2.17. The van der Waals surface area contributed by atoms with Gasteiger partial charge in [-0.25, -0.2) is 0 Å². The number of alkyl halides is 2. The molecule has 0 spiro atoms. The van der Waals surface area contributed by atoms with Crippen LogP contribution >= 0.6 is 0 Å². The van der Waals surface area contributed by atoms with E-state index < -0.39 is 6.61 Å². The third-order valence-electron chi connectivity index (χ3n) is 3.93. The molecule has 0 aliphatic rings. The number of aryl methyl sites for hydroxylation is 1. The molecule has 0 fully saturated rings. The lowest BCUT2D eigenvalue weighted by molar-refractivity contribution is -0.119. The summed E-state index contributed by atoms with van der Waals surface area (Å²) in [5.41, 5.74) is 4.18. The first-order chi connectivity index (χ1) is 12.0. The van der Waals surface area contributed by atoms with Crippen LogP contribution in [0.4, 0.5) is 14.5 Å². The number of carbonyl (C=O) groups is 1. The van der Waals surface area contributed by atoms with Gasteiger partial charge in [0.15, 0.2) is 0 Å². The van der Waals surface area contributed by atoms with Crippen LogP contribution in [0.15, 0.2) is 42.5 Å². The summed E-state index contributed by atoms with van der Waals surface area (Å²) in [6.45, 7) is 1.89. The average molecular weight is 348 g/mol. The lowest BCUT2D eigenvalue weighted by Crippen LogP contribution is -2.31. The Hall–Kier alpha value is -2.63. The molecule has 2 aromatic carbocycles. The molecular weight excluding hydrogens is 326 g/mol. The number of hydrogen-bond acceptors (Lipinski definition) is 3. The van der Waals surface area contributed by atoms with Crippen LogP contribution in [0.1, 0.15) is 16.7 Å². The van der Waals surface area contributed by atoms with Gasteiger partial charge in [0, 0.05) is 12.2 Å². The second-order valence-corrected chi connectivity index (χ2v) is 5.72. The van der Waals surface area contributed by atoms with E-state index in [0.717, 1.165) is 16.8 Å². The fourth-order valence-corrected chi connectivity index (χ4v) is 2.36. The molecular formula is C19H22F2N2O2. The number of benzene rings is 2. The van der Waals surface area contributed by atoms with Crippen LogP contribution in [0, 0.1) is 13.8 Å². The summed E-state index contributed by atoms with van der Waals surface area (Å²) >= 11 is 0. The van der Waals surface area contributed by atoms with Crippen LogP contribution in [0.2, 0.25) is 0 Å². The first-order valence-electron chi connectivity index (χ1n) is 8.06. The number of rotatable bonds is 8. The predicted octanol–water partition coefficient (Wildman–Crippen LogP) is 3.68. The quantitative estimate of drug-likeness (QED) is 0.765. The molecule has 2 N–H and O–H groups in total. The van der Waals surface area contributed by atoms with Gasteiger partial charge in [0.25, 0.3) is 0 Å². The molecule has 0 bridgehead atoms. The molecule has 0 aliphatic heterocycles. The molecule has 0 aliphatic carbocycles. The van der Waals surface area contributed by atoms with Gasteiger partial charge in [-0.2, -0.15) is 8.78 Å². The van der Waals surface area contributed by atoms with E-state index in [0.29, 0.717) is 13.0 Å². The number of halogens is 2. The second-order valence-electron chi connectivity index (χ2n) is 5.72. The molecule has 0 aromatic heterocycles. The van der Waals surface area contributed by atoms with Crippen molar-refractivity contribution in [2.24, 2.45) is 0 Å². The van der Waals surface area contributed by atoms with Crippen molar-refractivity contribution in [2.45, 2.75) is 26.9 Å². The predicted molar refractivity (Wildman–Crippen MR) is 94.2 cm³/mol. The summed E-state index contributed by atoms with van der Waals surface area (Å²) in [6, 6.07) is 12.3. The molecule has 1 amide bonds. The van der Waals surface area contributed by atoms with Gasteiger partial charge in [-0.15, -0.1) is 0 Å². The first-order valence-corrected chi connectivity index (χ1v) is 8.06. The van der Waals surface area contributed by atoms with E-state index in [1.807, 2.05) is 32.0 Å². The van der Waals surface area contributed by atoms with Crippen molar-refractivity contribution in [1.82, 2.24) is 5.32 Å². The highest BCUT2D eigenvalue weighted by atomic mass is 19.3. The maximum atomic E-state index is 12.1. The minimum Gasteiger partial charge on any atom is -0.435 e. The molecule has 25 heavy (non-hydrogen) atoms.